The summed E-state index contributed by atoms with van der Waals surface area (Å²) in [5.41, 5.74) is 5.93. The minimum Gasteiger partial charge on any atom is -0.478 e. The van der Waals surface area contributed by atoms with E-state index in [-0.39, 0.29) is 0 Å². The molecular weight excluding hydrogens is 392 g/mol. The molecular formula is C25H32N2O4. The zero-order valence-corrected chi connectivity index (χ0v) is 18.3. The van der Waals surface area contributed by atoms with Gasteiger partial charge in [-0.05, 0) is 41.8 Å². The molecule has 2 N–H and O–H groups in total. The fraction of sp³-hybridized carbons (Fsp3) is 0.360. The smallest absolute Gasteiger partial charge is 0.328 e. The Morgan fingerprint density at radius 2 is 1.26 bits per heavy atom. The number of carboxylic acid groups (broad SMARTS) is 2. The number of likely N-dealkylation sites (N-methyl/N-ethyl adjacent to an activating group) is 1. The summed E-state index contributed by atoms with van der Waals surface area (Å²) in [4.78, 5) is 24.2. The van der Waals surface area contributed by atoms with Gasteiger partial charge in [0.05, 0.1) is 0 Å². The largest absolute Gasteiger partial charge is 0.478 e. The van der Waals surface area contributed by atoms with Crippen LogP contribution in [-0.2, 0) is 29.1 Å². The first-order valence-corrected chi connectivity index (χ1v) is 10.6. The van der Waals surface area contributed by atoms with Gasteiger partial charge >= 0.3 is 11.9 Å². The second kappa shape index (κ2) is 12.7. The van der Waals surface area contributed by atoms with Crippen LogP contribution < -0.4 is 0 Å². The summed E-state index contributed by atoms with van der Waals surface area (Å²) in [6.07, 6.45) is 2.18. The molecule has 6 heteroatoms. The highest BCUT2D eigenvalue weighted by Gasteiger charge is 2.16. The Balaban J connectivity index is 0.000000366. The SMILES string of the molecule is CCN(CC)CCN1Cc2ccccc2Cc2ccccc2C1.O=C(O)/C=C\C(=O)O. The van der Waals surface area contributed by atoms with E-state index in [0.29, 0.717) is 12.2 Å². The van der Waals surface area contributed by atoms with Crippen LogP contribution in [0.15, 0.2) is 60.7 Å². The van der Waals surface area contributed by atoms with Crippen molar-refractivity contribution in [1.82, 2.24) is 9.80 Å². The topological polar surface area (TPSA) is 81.1 Å². The first kappa shape index (κ1) is 24.3. The van der Waals surface area contributed by atoms with Crippen molar-refractivity contribution in [3.63, 3.8) is 0 Å². The van der Waals surface area contributed by atoms with E-state index in [1.54, 1.807) is 0 Å². The van der Waals surface area contributed by atoms with Gasteiger partial charge in [-0.1, -0.05) is 62.4 Å². The molecule has 0 spiro atoms. The Morgan fingerprint density at radius 1 is 0.839 bits per heavy atom. The van der Waals surface area contributed by atoms with Crippen molar-refractivity contribution >= 4 is 11.9 Å². The first-order chi connectivity index (χ1) is 14.9. The van der Waals surface area contributed by atoms with Gasteiger partial charge in [-0.3, -0.25) is 4.90 Å². The molecule has 0 saturated heterocycles. The molecule has 0 saturated carbocycles. The fourth-order valence-electron chi connectivity index (χ4n) is 3.63. The van der Waals surface area contributed by atoms with E-state index in [4.69, 9.17) is 10.2 Å². The summed E-state index contributed by atoms with van der Waals surface area (Å²) >= 11 is 0. The van der Waals surface area contributed by atoms with Crippen molar-refractivity contribution < 1.29 is 19.8 Å². The van der Waals surface area contributed by atoms with Crippen LogP contribution in [0.1, 0.15) is 36.1 Å². The van der Waals surface area contributed by atoms with Crippen LogP contribution in [0, 0.1) is 0 Å². The van der Waals surface area contributed by atoms with Crippen molar-refractivity contribution in [2.45, 2.75) is 33.4 Å². The molecule has 3 rings (SSSR count). The number of hydrogen-bond acceptors (Lipinski definition) is 4. The van der Waals surface area contributed by atoms with Gasteiger partial charge in [-0.15, -0.1) is 0 Å². The van der Waals surface area contributed by atoms with Crippen molar-refractivity contribution in [2.24, 2.45) is 0 Å². The van der Waals surface area contributed by atoms with Crippen LogP contribution >= 0.6 is 0 Å². The van der Waals surface area contributed by atoms with E-state index >= 15 is 0 Å². The van der Waals surface area contributed by atoms with Gasteiger partial charge in [0.25, 0.3) is 0 Å². The summed E-state index contributed by atoms with van der Waals surface area (Å²) in [5, 5.41) is 15.6. The third-order valence-corrected chi connectivity index (χ3v) is 5.40. The molecule has 0 amide bonds. The second-order valence-electron chi connectivity index (χ2n) is 7.46. The summed E-state index contributed by atoms with van der Waals surface area (Å²) in [7, 11) is 0. The molecule has 0 bridgehead atoms. The van der Waals surface area contributed by atoms with E-state index in [1.807, 2.05) is 0 Å². The number of carboxylic acids is 2. The van der Waals surface area contributed by atoms with Crippen LogP contribution in [0.25, 0.3) is 0 Å². The normalized spacial score (nSPS) is 13.5. The van der Waals surface area contributed by atoms with Crippen LogP contribution in [0.3, 0.4) is 0 Å². The third-order valence-electron chi connectivity index (χ3n) is 5.40. The fourth-order valence-corrected chi connectivity index (χ4v) is 3.63. The molecule has 0 radical (unpaired) electrons. The molecule has 166 valence electrons. The van der Waals surface area contributed by atoms with Crippen molar-refractivity contribution in [1.29, 1.82) is 0 Å². The minimum absolute atomic E-state index is 0.558. The highest BCUT2D eigenvalue weighted by Crippen LogP contribution is 2.24. The van der Waals surface area contributed by atoms with Gasteiger partial charge in [0, 0.05) is 38.3 Å². The molecule has 0 atom stereocenters. The maximum absolute atomic E-state index is 9.55. The van der Waals surface area contributed by atoms with Gasteiger partial charge in [0.15, 0.2) is 0 Å². The molecule has 2 aromatic carbocycles. The Morgan fingerprint density at radius 3 is 1.65 bits per heavy atom. The van der Waals surface area contributed by atoms with Crippen LogP contribution in [0.5, 0.6) is 0 Å². The summed E-state index contributed by atoms with van der Waals surface area (Å²) < 4.78 is 0. The molecule has 0 aromatic heterocycles. The average molecular weight is 425 g/mol. The van der Waals surface area contributed by atoms with Gasteiger partial charge in [-0.2, -0.15) is 0 Å². The first-order valence-electron chi connectivity index (χ1n) is 10.6. The lowest BCUT2D eigenvalue weighted by Crippen LogP contribution is -2.35. The lowest BCUT2D eigenvalue weighted by atomic mass is 9.94. The number of carbonyl (C=O) groups is 2. The number of benzene rings is 2. The van der Waals surface area contributed by atoms with Crippen LogP contribution in [0.4, 0.5) is 0 Å². The zero-order chi connectivity index (χ0) is 22.6. The number of aliphatic carboxylic acids is 2. The minimum atomic E-state index is -1.26. The summed E-state index contributed by atoms with van der Waals surface area (Å²) in [6.45, 7) is 11.2. The highest BCUT2D eigenvalue weighted by atomic mass is 16.4. The maximum atomic E-state index is 9.55. The highest BCUT2D eigenvalue weighted by molar-refractivity contribution is 5.89. The van der Waals surface area contributed by atoms with Gasteiger partial charge in [0.1, 0.15) is 0 Å². The molecule has 2 aromatic rings. The molecule has 6 nitrogen and oxygen atoms in total. The van der Waals surface area contributed by atoms with E-state index in [9.17, 15) is 9.59 Å². The Kier molecular flexibility index (Phi) is 9.94. The second-order valence-corrected chi connectivity index (χ2v) is 7.46. The predicted octanol–water partition coefficient (Wildman–Crippen LogP) is 3.65. The molecule has 31 heavy (non-hydrogen) atoms. The number of nitrogens with zero attached hydrogens (tertiary/aromatic N) is 2. The van der Waals surface area contributed by atoms with E-state index in [1.165, 1.54) is 22.3 Å². The van der Waals surface area contributed by atoms with E-state index < -0.39 is 11.9 Å². The van der Waals surface area contributed by atoms with Gasteiger partial charge in [0.2, 0.25) is 0 Å². The predicted molar refractivity (Wildman–Crippen MR) is 122 cm³/mol. The van der Waals surface area contributed by atoms with Gasteiger partial charge < -0.3 is 15.1 Å². The third kappa shape index (κ3) is 8.36. The Bertz CT molecular complexity index is 827. The quantitative estimate of drug-likeness (QED) is 0.661. The van der Waals surface area contributed by atoms with Crippen molar-refractivity contribution in [3.05, 3.63) is 82.9 Å². The number of hydrogen-bond donors (Lipinski definition) is 2. The molecule has 1 aliphatic rings. The summed E-state index contributed by atoms with van der Waals surface area (Å²) in [5.74, 6) is -2.51. The molecule has 1 aliphatic heterocycles. The van der Waals surface area contributed by atoms with Crippen molar-refractivity contribution in [2.75, 3.05) is 26.2 Å². The monoisotopic (exact) mass is 424 g/mol. The van der Waals surface area contributed by atoms with E-state index in [0.717, 1.165) is 45.7 Å². The lowest BCUT2D eigenvalue weighted by Gasteiger charge is -2.30. The summed E-state index contributed by atoms with van der Waals surface area (Å²) in [6, 6.07) is 17.9. The van der Waals surface area contributed by atoms with Gasteiger partial charge in [-0.25, -0.2) is 9.59 Å². The standard InChI is InChI=1S/C21H28N2.C4H4O4/c1-3-22(4-2)13-14-23-16-20-11-7-5-9-18(20)15-19-10-6-8-12-21(19)17-23;5-3(6)1-2-4(7)8/h5-12H,3-4,13-17H2,1-2H3;1-2H,(H,5,6)(H,7,8)/b;2-1-. The number of rotatable bonds is 7. The maximum Gasteiger partial charge on any atom is 0.328 e. The van der Waals surface area contributed by atoms with Crippen LogP contribution in [0.2, 0.25) is 0 Å². The average Bonchev–Trinajstić information content (AvgIpc) is 2.74. The molecule has 0 aliphatic carbocycles. The number of fused-ring (bicyclic) bond motifs is 2. The van der Waals surface area contributed by atoms with Crippen LogP contribution in [-0.4, -0.2) is 58.1 Å². The van der Waals surface area contributed by atoms with E-state index in [2.05, 4.69) is 72.2 Å². The van der Waals surface area contributed by atoms with Crippen molar-refractivity contribution in [3.8, 4) is 0 Å². The Labute approximate surface area is 184 Å². The Hall–Kier alpha value is -2.96. The lowest BCUT2D eigenvalue weighted by molar-refractivity contribution is -0.134. The molecule has 1 heterocycles. The zero-order valence-electron chi connectivity index (χ0n) is 18.3. The molecule has 0 unspecified atom stereocenters. The molecule has 0 fully saturated rings.